The van der Waals surface area contributed by atoms with Gasteiger partial charge in [-0.1, -0.05) is 6.92 Å². The number of carbonyl (C=O) groups excluding carboxylic acids is 2. The Bertz CT molecular complexity index is 508. The van der Waals surface area contributed by atoms with Crippen LogP contribution in [0.5, 0.6) is 0 Å². The normalized spacial score (nSPS) is 17.0. The molecule has 0 spiro atoms. The highest BCUT2D eigenvalue weighted by atomic mass is 16.2. The van der Waals surface area contributed by atoms with Crippen LogP contribution in [0.4, 0.5) is 5.69 Å². The summed E-state index contributed by atoms with van der Waals surface area (Å²) in [4.78, 5) is 23.4. The van der Waals surface area contributed by atoms with Gasteiger partial charge in [-0.25, -0.2) is 0 Å². The minimum Gasteiger partial charge on any atom is -0.358 e. The van der Waals surface area contributed by atoms with Gasteiger partial charge in [-0.2, -0.15) is 5.10 Å². The fourth-order valence-electron chi connectivity index (χ4n) is 2.83. The quantitative estimate of drug-likeness (QED) is 0.718. The average molecular weight is 307 g/mol. The zero-order chi connectivity index (χ0) is 15.9. The molecule has 0 aliphatic carbocycles. The average Bonchev–Trinajstić information content (AvgIpc) is 2.94. The number of hydrogen-bond donors (Lipinski definition) is 3. The molecule has 2 heterocycles. The molecule has 1 atom stereocenters. The van der Waals surface area contributed by atoms with Gasteiger partial charge in [0.05, 0.1) is 11.9 Å². The molecule has 7 heteroatoms. The second-order valence-corrected chi connectivity index (χ2v) is 5.92. The Balaban J connectivity index is 1.80. The Morgan fingerprint density at radius 2 is 2.14 bits per heavy atom. The van der Waals surface area contributed by atoms with Gasteiger partial charge in [-0.3, -0.25) is 14.3 Å². The standard InChI is InChI=1S/C15H25N5O2/c1-11(12-3-5-17-6-4-12)7-14(21)19-13-8-18-20(9-13)10-15(22)16-2/h8-9,11-12,17H,3-7,10H2,1-2H3,(H,16,22)(H,19,21). The maximum Gasteiger partial charge on any atom is 0.241 e. The fraction of sp³-hybridized carbons (Fsp3) is 0.667. The van der Waals surface area contributed by atoms with Crippen LogP contribution in [0.25, 0.3) is 0 Å². The van der Waals surface area contributed by atoms with Crippen molar-refractivity contribution in [3.8, 4) is 0 Å². The Labute approximate surface area is 130 Å². The van der Waals surface area contributed by atoms with Crippen LogP contribution in [0.15, 0.2) is 12.4 Å². The summed E-state index contributed by atoms with van der Waals surface area (Å²) in [7, 11) is 1.58. The van der Waals surface area contributed by atoms with Crippen LogP contribution < -0.4 is 16.0 Å². The third-order valence-corrected chi connectivity index (χ3v) is 4.20. The van der Waals surface area contributed by atoms with E-state index in [1.54, 1.807) is 19.4 Å². The Morgan fingerprint density at radius 3 is 2.82 bits per heavy atom. The van der Waals surface area contributed by atoms with E-state index in [-0.39, 0.29) is 18.4 Å². The molecule has 0 aromatic carbocycles. The minimum atomic E-state index is -0.125. The second-order valence-electron chi connectivity index (χ2n) is 5.92. The first-order valence-corrected chi connectivity index (χ1v) is 7.82. The number of nitrogens with one attached hydrogen (secondary N) is 3. The molecule has 1 fully saturated rings. The molecule has 0 radical (unpaired) electrons. The highest BCUT2D eigenvalue weighted by Crippen LogP contribution is 2.24. The van der Waals surface area contributed by atoms with E-state index in [1.807, 2.05) is 0 Å². The summed E-state index contributed by atoms with van der Waals surface area (Å²) in [5.41, 5.74) is 0.631. The van der Waals surface area contributed by atoms with Gasteiger partial charge < -0.3 is 16.0 Å². The van der Waals surface area contributed by atoms with Gasteiger partial charge in [0.25, 0.3) is 0 Å². The van der Waals surface area contributed by atoms with E-state index in [2.05, 4.69) is 28.0 Å². The van der Waals surface area contributed by atoms with Crippen molar-refractivity contribution in [1.29, 1.82) is 0 Å². The predicted octanol–water partition coefficient (Wildman–Crippen LogP) is 0.593. The number of rotatable bonds is 6. The summed E-state index contributed by atoms with van der Waals surface area (Å²) in [6.45, 7) is 4.38. The summed E-state index contributed by atoms with van der Waals surface area (Å²) in [6.07, 6.45) is 6.03. The van der Waals surface area contributed by atoms with Crippen LogP contribution >= 0.6 is 0 Å². The molecule has 0 saturated carbocycles. The van der Waals surface area contributed by atoms with Crippen molar-refractivity contribution in [2.75, 3.05) is 25.5 Å². The van der Waals surface area contributed by atoms with Crippen molar-refractivity contribution in [3.63, 3.8) is 0 Å². The fourth-order valence-corrected chi connectivity index (χ4v) is 2.83. The molecule has 1 saturated heterocycles. The number of amides is 2. The maximum absolute atomic E-state index is 12.1. The van der Waals surface area contributed by atoms with Gasteiger partial charge in [0.2, 0.25) is 11.8 Å². The molecule has 3 N–H and O–H groups in total. The highest BCUT2D eigenvalue weighted by molar-refractivity contribution is 5.90. The molecule has 1 aromatic rings. The van der Waals surface area contributed by atoms with E-state index in [1.165, 1.54) is 4.68 Å². The first-order valence-electron chi connectivity index (χ1n) is 7.82. The topological polar surface area (TPSA) is 88.0 Å². The first kappa shape index (κ1) is 16.5. The van der Waals surface area contributed by atoms with E-state index < -0.39 is 0 Å². The first-order chi connectivity index (χ1) is 10.6. The smallest absolute Gasteiger partial charge is 0.241 e. The van der Waals surface area contributed by atoms with Gasteiger partial charge in [-0.05, 0) is 37.8 Å². The monoisotopic (exact) mass is 307 g/mol. The van der Waals surface area contributed by atoms with Crippen LogP contribution in [0, 0.1) is 11.8 Å². The van der Waals surface area contributed by atoms with Gasteiger partial charge in [0.1, 0.15) is 6.54 Å². The summed E-state index contributed by atoms with van der Waals surface area (Å²) < 4.78 is 1.50. The van der Waals surface area contributed by atoms with Crippen molar-refractivity contribution in [2.24, 2.45) is 11.8 Å². The van der Waals surface area contributed by atoms with E-state index in [9.17, 15) is 9.59 Å². The largest absolute Gasteiger partial charge is 0.358 e. The Hall–Kier alpha value is -1.89. The zero-order valence-electron chi connectivity index (χ0n) is 13.3. The number of aromatic nitrogens is 2. The molecule has 1 aromatic heterocycles. The summed E-state index contributed by atoms with van der Waals surface area (Å²) in [6, 6.07) is 0. The van der Waals surface area contributed by atoms with E-state index in [4.69, 9.17) is 0 Å². The Morgan fingerprint density at radius 1 is 1.41 bits per heavy atom. The second kappa shape index (κ2) is 7.93. The number of carbonyl (C=O) groups is 2. The van der Waals surface area contributed by atoms with Crippen molar-refractivity contribution >= 4 is 17.5 Å². The maximum atomic E-state index is 12.1. The van der Waals surface area contributed by atoms with Crippen LogP contribution in [-0.2, 0) is 16.1 Å². The molecule has 22 heavy (non-hydrogen) atoms. The summed E-state index contributed by atoms with van der Waals surface area (Å²) in [5, 5.41) is 12.8. The number of nitrogens with zero attached hydrogens (tertiary/aromatic N) is 2. The lowest BCUT2D eigenvalue weighted by Crippen LogP contribution is -2.32. The summed E-state index contributed by atoms with van der Waals surface area (Å²) in [5.74, 6) is 0.872. The molecular weight excluding hydrogens is 282 g/mol. The Kier molecular flexibility index (Phi) is 5.94. The lowest BCUT2D eigenvalue weighted by atomic mass is 9.84. The predicted molar refractivity (Wildman–Crippen MR) is 84.3 cm³/mol. The molecule has 7 nitrogen and oxygen atoms in total. The van der Waals surface area contributed by atoms with Crippen molar-refractivity contribution < 1.29 is 9.59 Å². The third kappa shape index (κ3) is 4.84. The molecule has 2 rings (SSSR count). The van der Waals surface area contributed by atoms with E-state index in [0.29, 0.717) is 23.9 Å². The molecule has 122 valence electrons. The van der Waals surface area contributed by atoms with Crippen LogP contribution in [0.2, 0.25) is 0 Å². The molecule has 2 amide bonds. The van der Waals surface area contributed by atoms with Gasteiger partial charge in [-0.15, -0.1) is 0 Å². The van der Waals surface area contributed by atoms with Crippen molar-refractivity contribution in [2.45, 2.75) is 32.7 Å². The van der Waals surface area contributed by atoms with Crippen LogP contribution in [0.3, 0.4) is 0 Å². The van der Waals surface area contributed by atoms with Crippen molar-refractivity contribution in [3.05, 3.63) is 12.4 Å². The molecular formula is C15H25N5O2. The van der Waals surface area contributed by atoms with Gasteiger partial charge in [0, 0.05) is 19.7 Å². The number of likely N-dealkylation sites (N-methyl/N-ethyl adjacent to an activating group) is 1. The van der Waals surface area contributed by atoms with E-state index >= 15 is 0 Å². The summed E-state index contributed by atoms with van der Waals surface area (Å²) >= 11 is 0. The van der Waals surface area contributed by atoms with Gasteiger partial charge in [0.15, 0.2) is 0 Å². The van der Waals surface area contributed by atoms with Crippen LogP contribution in [0.1, 0.15) is 26.2 Å². The third-order valence-electron chi connectivity index (χ3n) is 4.20. The lowest BCUT2D eigenvalue weighted by Gasteiger charge is -2.27. The number of piperidine rings is 1. The minimum absolute atomic E-state index is 0.00512. The highest BCUT2D eigenvalue weighted by Gasteiger charge is 2.22. The lowest BCUT2D eigenvalue weighted by molar-refractivity contribution is -0.121. The zero-order valence-corrected chi connectivity index (χ0v) is 13.3. The molecule has 1 unspecified atom stereocenters. The van der Waals surface area contributed by atoms with Gasteiger partial charge >= 0.3 is 0 Å². The number of hydrogen-bond acceptors (Lipinski definition) is 4. The van der Waals surface area contributed by atoms with E-state index in [0.717, 1.165) is 25.9 Å². The SMILES string of the molecule is CNC(=O)Cn1cc(NC(=O)CC(C)C2CCNCC2)cn1. The van der Waals surface area contributed by atoms with Crippen molar-refractivity contribution in [1.82, 2.24) is 20.4 Å². The van der Waals surface area contributed by atoms with Crippen LogP contribution in [-0.4, -0.2) is 41.7 Å². The molecule has 1 aliphatic heterocycles. The number of anilines is 1. The molecule has 0 bridgehead atoms. The molecule has 1 aliphatic rings.